The maximum Gasteiger partial charge on any atom is 0.364 e. The molecule has 1 aliphatic rings. The van der Waals surface area contributed by atoms with Gasteiger partial charge in [-0.3, -0.25) is 4.79 Å². The van der Waals surface area contributed by atoms with E-state index in [4.69, 9.17) is 14.2 Å². The first-order chi connectivity index (χ1) is 17.0. The highest BCUT2D eigenvalue weighted by Gasteiger charge is 2.29. The van der Waals surface area contributed by atoms with Gasteiger partial charge in [0.2, 0.25) is 11.6 Å². The van der Waals surface area contributed by atoms with E-state index in [1.807, 2.05) is 36.4 Å². The van der Waals surface area contributed by atoms with Gasteiger partial charge in [0.05, 0.1) is 20.3 Å². The fourth-order valence-electron chi connectivity index (χ4n) is 4.42. The maximum absolute atomic E-state index is 12.5. The Morgan fingerprint density at radius 3 is 2.29 bits per heavy atom. The van der Waals surface area contributed by atoms with E-state index in [1.165, 1.54) is 5.56 Å². The summed E-state index contributed by atoms with van der Waals surface area (Å²) >= 11 is 0. The maximum atomic E-state index is 12.5. The van der Waals surface area contributed by atoms with Crippen molar-refractivity contribution in [1.29, 1.82) is 0 Å². The summed E-state index contributed by atoms with van der Waals surface area (Å²) in [7, 11) is 1.62. The number of carbonyl (C=O) groups is 2. The van der Waals surface area contributed by atoms with Crippen molar-refractivity contribution in [3.63, 3.8) is 0 Å². The number of esters is 1. The summed E-state index contributed by atoms with van der Waals surface area (Å²) in [5.74, 6) is 1.06. The molecule has 184 valence electrons. The molecule has 8 heteroatoms. The standard InChI is InChI=1S/C27H31N3O5/c1-4-34-27(32)25-26(30(29-28-25)17-19-5-13-23(33-3)14-6-19)35-24-15-11-22(12-16-24)21-9-7-20(8-10-21)18(2)31/h5-10,13-14,22,24H,4,11-12,15-17H2,1-3H3/t22-,24-. The number of rotatable bonds is 9. The van der Waals surface area contributed by atoms with Crippen molar-refractivity contribution in [2.45, 2.75) is 58.1 Å². The van der Waals surface area contributed by atoms with Crippen molar-refractivity contribution < 1.29 is 23.8 Å². The number of Topliss-reactive ketones (excluding diaryl/α,β-unsaturated/α-hetero) is 1. The van der Waals surface area contributed by atoms with Gasteiger partial charge in [0, 0.05) is 5.56 Å². The van der Waals surface area contributed by atoms with Crippen LogP contribution in [0.4, 0.5) is 0 Å². The van der Waals surface area contributed by atoms with Crippen molar-refractivity contribution >= 4 is 11.8 Å². The molecule has 0 aliphatic heterocycles. The number of aromatic nitrogens is 3. The molecule has 1 saturated carbocycles. The van der Waals surface area contributed by atoms with Gasteiger partial charge in [-0.2, -0.15) is 0 Å². The van der Waals surface area contributed by atoms with E-state index >= 15 is 0 Å². The van der Waals surface area contributed by atoms with Crippen LogP contribution in [0.2, 0.25) is 0 Å². The van der Waals surface area contributed by atoms with Gasteiger partial charge in [0.25, 0.3) is 0 Å². The molecule has 1 aromatic heterocycles. The van der Waals surface area contributed by atoms with Crippen LogP contribution in [0.5, 0.6) is 11.6 Å². The molecule has 4 rings (SSSR count). The van der Waals surface area contributed by atoms with Gasteiger partial charge in [-0.25, -0.2) is 9.48 Å². The quantitative estimate of drug-likeness (QED) is 0.322. The Hall–Kier alpha value is -3.68. The van der Waals surface area contributed by atoms with Crippen molar-refractivity contribution in [3.05, 3.63) is 70.9 Å². The normalized spacial score (nSPS) is 17.6. The minimum Gasteiger partial charge on any atom is -0.497 e. The smallest absolute Gasteiger partial charge is 0.364 e. The van der Waals surface area contributed by atoms with Crippen LogP contribution in [0, 0.1) is 0 Å². The van der Waals surface area contributed by atoms with Crippen molar-refractivity contribution in [3.8, 4) is 11.6 Å². The molecular formula is C27H31N3O5. The highest BCUT2D eigenvalue weighted by atomic mass is 16.5. The zero-order chi connectivity index (χ0) is 24.8. The van der Waals surface area contributed by atoms with Gasteiger partial charge in [-0.05, 0) is 68.7 Å². The van der Waals surface area contributed by atoms with Crippen LogP contribution in [0.3, 0.4) is 0 Å². The molecule has 1 aliphatic carbocycles. The average molecular weight is 478 g/mol. The predicted molar refractivity (Wildman–Crippen MR) is 130 cm³/mol. The Bertz CT molecular complexity index is 1150. The molecule has 0 saturated heterocycles. The minimum absolute atomic E-state index is 0.0518. The molecule has 0 atom stereocenters. The van der Waals surface area contributed by atoms with E-state index < -0.39 is 5.97 Å². The van der Waals surface area contributed by atoms with E-state index in [0.717, 1.165) is 42.6 Å². The molecule has 0 radical (unpaired) electrons. The van der Waals surface area contributed by atoms with Crippen LogP contribution < -0.4 is 9.47 Å². The number of hydrogen-bond donors (Lipinski definition) is 0. The van der Waals surface area contributed by atoms with Gasteiger partial charge in [-0.1, -0.05) is 41.6 Å². The first kappa shape index (κ1) is 24.4. The number of ketones is 1. The highest BCUT2D eigenvalue weighted by molar-refractivity contribution is 5.94. The molecule has 0 amide bonds. The Morgan fingerprint density at radius 2 is 1.69 bits per heavy atom. The van der Waals surface area contributed by atoms with E-state index in [9.17, 15) is 9.59 Å². The molecular weight excluding hydrogens is 446 g/mol. The zero-order valence-corrected chi connectivity index (χ0v) is 20.4. The summed E-state index contributed by atoms with van der Waals surface area (Å²) < 4.78 is 18.4. The second kappa shape index (κ2) is 11.2. The Balaban J connectivity index is 1.46. The molecule has 1 fully saturated rings. The van der Waals surface area contributed by atoms with Crippen LogP contribution in [0.25, 0.3) is 0 Å². The van der Waals surface area contributed by atoms with Gasteiger partial charge in [0.15, 0.2) is 5.78 Å². The summed E-state index contributed by atoms with van der Waals surface area (Å²) in [6.45, 7) is 3.99. The van der Waals surface area contributed by atoms with Gasteiger partial charge >= 0.3 is 5.97 Å². The van der Waals surface area contributed by atoms with Gasteiger partial charge < -0.3 is 14.2 Å². The van der Waals surface area contributed by atoms with Crippen LogP contribution in [0.15, 0.2) is 48.5 Å². The number of hydrogen-bond acceptors (Lipinski definition) is 7. The van der Waals surface area contributed by atoms with E-state index in [0.29, 0.717) is 18.3 Å². The second-order valence-electron chi connectivity index (χ2n) is 8.74. The van der Waals surface area contributed by atoms with Crippen molar-refractivity contribution in [1.82, 2.24) is 15.0 Å². The zero-order valence-electron chi connectivity index (χ0n) is 20.4. The Morgan fingerprint density at radius 1 is 1.00 bits per heavy atom. The summed E-state index contributed by atoms with van der Waals surface area (Å²) in [5.41, 5.74) is 3.05. The molecule has 0 N–H and O–H groups in total. The Labute approximate surface area is 205 Å². The van der Waals surface area contributed by atoms with Crippen LogP contribution in [-0.4, -0.2) is 46.6 Å². The summed E-state index contributed by atoms with van der Waals surface area (Å²) in [4.78, 5) is 24.1. The lowest BCUT2D eigenvalue weighted by atomic mass is 9.82. The fourth-order valence-corrected chi connectivity index (χ4v) is 4.42. The number of ether oxygens (including phenoxy) is 3. The summed E-state index contributed by atoms with van der Waals surface area (Å²) in [5, 5.41) is 8.27. The van der Waals surface area contributed by atoms with Gasteiger partial charge in [-0.15, -0.1) is 5.10 Å². The average Bonchev–Trinajstić information content (AvgIpc) is 3.27. The molecule has 0 unspecified atom stereocenters. The lowest BCUT2D eigenvalue weighted by molar-refractivity contribution is 0.0507. The second-order valence-corrected chi connectivity index (χ2v) is 8.74. The molecule has 0 spiro atoms. The number of nitrogens with zero attached hydrogens (tertiary/aromatic N) is 3. The van der Waals surface area contributed by atoms with Crippen molar-refractivity contribution in [2.75, 3.05) is 13.7 Å². The topological polar surface area (TPSA) is 92.5 Å². The van der Waals surface area contributed by atoms with Crippen molar-refractivity contribution in [2.24, 2.45) is 0 Å². The first-order valence-corrected chi connectivity index (χ1v) is 12.0. The third-order valence-electron chi connectivity index (χ3n) is 6.39. The molecule has 2 aromatic carbocycles. The third kappa shape index (κ3) is 5.88. The summed E-state index contributed by atoms with van der Waals surface area (Å²) in [6.07, 6.45) is 3.55. The number of carbonyl (C=O) groups excluding carboxylic acids is 2. The fraction of sp³-hybridized carbons (Fsp3) is 0.407. The van der Waals surface area contributed by atoms with Crippen LogP contribution in [0.1, 0.15) is 77.4 Å². The third-order valence-corrected chi connectivity index (χ3v) is 6.39. The predicted octanol–water partition coefficient (Wildman–Crippen LogP) is 4.82. The number of benzene rings is 2. The molecule has 0 bridgehead atoms. The van der Waals surface area contributed by atoms with E-state index in [2.05, 4.69) is 22.4 Å². The molecule has 1 heterocycles. The van der Waals surface area contributed by atoms with E-state index in [1.54, 1.807) is 25.6 Å². The lowest BCUT2D eigenvalue weighted by Crippen LogP contribution is -2.25. The SMILES string of the molecule is CCOC(=O)c1nnn(Cc2ccc(OC)cc2)c1O[C@H]1CC[C@H](c2ccc(C(C)=O)cc2)CC1. The van der Waals surface area contributed by atoms with Crippen LogP contribution >= 0.6 is 0 Å². The summed E-state index contributed by atoms with van der Waals surface area (Å²) in [6, 6.07) is 15.5. The molecule has 3 aromatic rings. The molecule has 35 heavy (non-hydrogen) atoms. The molecule has 8 nitrogen and oxygen atoms in total. The highest BCUT2D eigenvalue weighted by Crippen LogP contribution is 2.35. The minimum atomic E-state index is -0.539. The largest absolute Gasteiger partial charge is 0.497 e. The number of methoxy groups -OCH3 is 1. The van der Waals surface area contributed by atoms with Crippen LogP contribution in [-0.2, 0) is 11.3 Å². The first-order valence-electron chi connectivity index (χ1n) is 12.0. The monoisotopic (exact) mass is 477 g/mol. The van der Waals surface area contributed by atoms with E-state index in [-0.39, 0.29) is 24.2 Å². The van der Waals surface area contributed by atoms with Gasteiger partial charge in [0.1, 0.15) is 11.9 Å². The Kier molecular flexibility index (Phi) is 7.80. The lowest BCUT2D eigenvalue weighted by Gasteiger charge is -2.29.